The van der Waals surface area contributed by atoms with Gasteiger partial charge in [0, 0.05) is 6.07 Å². The van der Waals surface area contributed by atoms with Crippen LogP contribution in [-0.4, -0.2) is 23.2 Å². The molecule has 1 aliphatic heterocycles. The van der Waals surface area contributed by atoms with E-state index in [1.54, 1.807) is 18.2 Å². The molecule has 5 heteroatoms. The molecule has 84 valence electrons. The molecule has 1 aromatic rings. The molecule has 0 unspecified atom stereocenters. The molecular weight excluding hydrogens is 210 g/mol. The Balaban J connectivity index is 1.80. The summed E-state index contributed by atoms with van der Waals surface area (Å²) in [5.41, 5.74) is 0.0200. The summed E-state index contributed by atoms with van der Waals surface area (Å²) in [4.78, 5) is 10.4. The number of benzene rings is 1. The van der Waals surface area contributed by atoms with Crippen molar-refractivity contribution < 1.29 is 14.4 Å². The van der Waals surface area contributed by atoms with Crippen molar-refractivity contribution in [3.63, 3.8) is 0 Å². The average molecular weight is 221 g/mol. The summed E-state index contributed by atoms with van der Waals surface area (Å²) in [7, 11) is 0. The van der Waals surface area contributed by atoms with E-state index in [1.165, 1.54) is 6.07 Å². The van der Waals surface area contributed by atoms with Gasteiger partial charge in [-0.1, -0.05) is 12.1 Å². The number of rotatable bonds is 3. The third-order valence-electron chi connectivity index (χ3n) is 3.06. The zero-order chi connectivity index (χ0) is 11.1. The first-order chi connectivity index (χ1) is 7.75. The molecule has 0 aromatic heterocycles. The van der Waals surface area contributed by atoms with Crippen molar-refractivity contribution >= 4 is 5.69 Å². The van der Waals surface area contributed by atoms with E-state index in [4.69, 9.17) is 9.47 Å². The molecule has 0 spiro atoms. The van der Waals surface area contributed by atoms with Gasteiger partial charge in [0.15, 0.2) is 5.75 Å². The average Bonchev–Trinajstić information content (AvgIpc) is 2.96. The lowest BCUT2D eigenvalue weighted by Crippen LogP contribution is -2.20. The zero-order valence-electron chi connectivity index (χ0n) is 8.54. The minimum absolute atomic E-state index is 0.0200. The highest BCUT2D eigenvalue weighted by Gasteiger charge is 2.52. The maximum absolute atomic E-state index is 10.8. The van der Waals surface area contributed by atoms with Crippen molar-refractivity contribution in [3.8, 4) is 5.75 Å². The zero-order valence-corrected chi connectivity index (χ0v) is 8.54. The van der Waals surface area contributed by atoms with Gasteiger partial charge in [0.25, 0.3) is 0 Å². The number of hydrogen-bond donors (Lipinski definition) is 0. The number of ether oxygens (including phenoxy) is 2. The van der Waals surface area contributed by atoms with Crippen molar-refractivity contribution in [1.29, 1.82) is 0 Å². The molecule has 0 bridgehead atoms. The van der Waals surface area contributed by atoms with Crippen molar-refractivity contribution in [2.45, 2.75) is 31.2 Å². The minimum atomic E-state index is -0.421. The number of fused-ring (bicyclic) bond motifs is 1. The summed E-state index contributed by atoms with van der Waals surface area (Å²) in [6.45, 7) is 0. The highest BCUT2D eigenvalue weighted by Crippen LogP contribution is 2.41. The van der Waals surface area contributed by atoms with E-state index in [2.05, 4.69) is 0 Å². The van der Waals surface area contributed by atoms with E-state index in [9.17, 15) is 10.1 Å². The molecular formula is C11H11NO4. The third kappa shape index (κ3) is 1.53. The van der Waals surface area contributed by atoms with Gasteiger partial charge >= 0.3 is 5.69 Å². The van der Waals surface area contributed by atoms with Crippen LogP contribution >= 0.6 is 0 Å². The third-order valence-corrected chi connectivity index (χ3v) is 3.06. The smallest absolute Gasteiger partial charge is 0.310 e. The first-order valence-electron chi connectivity index (χ1n) is 5.31. The molecule has 1 heterocycles. The molecule has 3 atom stereocenters. The fraction of sp³-hybridized carbons (Fsp3) is 0.455. The Kier molecular flexibility index (Phi) is 2.07. The van der Waals surface area contributed by atoms with Crippen LogP contribution in [0, 0.1) is 10.1 Å². The van der Waals surface area contributed by atoms with E-state index < -0.39 is 4.92 Å². The van der Waals surface area contributed by atoms with Crippen molar-refractivity contribution in [2.24, 2.45) is 0 Å². The quantitative estimate of drug-likeness (QED) is 0.444. The normalized spacial score (nSPS) is 30.9. The topological polar surface area (TPSA) is 64.9 Å². The molecule has 0 N–H and O–H groups in total. The Morgan fingerprint density at radius 2 is 2.19 bits per heavy atom. The molecule has 16 heavy (non-hydrogen) atoms. The van der Waals surface area contributed by atoms with Crippen molar-refractivity contribution in [2.75, 3.05) is 0 Å². The Morgan fingerprint density at radius 1 is 1.38 bits per heavy atom. The number of nitrogens with zero attached hydrogens (tertiary/aromatic N) is 1. The lowest BCUT2D eigenvalue weighted by atomic mass is 10.2. The molecule has 1 saturated heterocycles. The van der Waals surface area contributed by atoms with Crippen LogP contribution in [0.5, 0.6) is 5.75 Å². The monoisotopic (exact) mass is 221 g/mol. The highest BCUT2D eigenvalue weighted by atomic mass is 16.6. The van der Waals surface area contributed by atoms with Crippen molar-refractivity contribution in [1.82, 2.24) is 0 Å². The van der Waals surface area contributed by atoms with Crippen LogP contribution in [-0.2, 0) is 4.74 Å². The Labute approximate surface area is 92.1 Å². The largest absolute Gasteiger partial charge is 0.481 e. The second-order valence-corrected chi connectivity index (χ2v) is 4.10. The molecule has 5 nitrogen and oxygen atoms in total. The van der Waals surface area contributed by atoms with E-state index in [-0.39, 0.29) is 17.9 Å². The highest BCUT2D eigenvalue weighted by molar-refractivity contribution is 5.46. The molecule has 2 fully saturated rings. The van der Waals surface area contributed by atoms with Gasteiger partial charge in [0.2, 0.25) is 0 Å². The molecule has 0 radical (unpaired) electrons. The predicted molar refractivity (Wildman–Crippen MR) is 55.4 cm³/mol. The van der Waals surface area contributed by atoms with Crippen LogP contribution in [0.2, 0.25) is 0 Å². The summed E-state index contributed by atoms with van der Waals surface area (Å²) in [5.74, 6) is 0.341. The van der Waals surface area contributed by atoms with Gasteiger partial charge < -0.3 is 9.47 Å². The summed E-state index contributed by atoms with van der Waals surface area (Å²) in [6, 6.07) is 6.46. The fourth-order valence-corrected chi connectivity index (χ4v) is 2.21. The van der Waals surface area contributed by atoms with E-state index in [0.29, 0.717) is 11.9 Å². The predicted octanol–water partition coefficient (Wildman–Crippen LogP) is 1.90. The van der Waals surface area contributed by atoms with E-state index >= 15 is 0 Å². The summed E-state index contributed by atoms with van der Waals surface area (Å²) in [5, 5.41) is 10.8. The van der Waals surface area contributed by atoms with Crippen LogP contribution in [0.25, 0.3) is 0 Å². The van der Waals surface area contributed by atoms with Crippen LogP contribution in [0.15, 0.2) is 24.3 Å². The summed E-state index contributed by atoms with van der Waals surface area (Å²) >= 11 is 0. The lowest BCUT2D eigenvalue weighted by molar-refractivity contribution is -0.386. The van der Waals surface area contributed by atoms with Crippen LogP contribution < -0.4 is 4.74 Å². The summed E-state index contributed by atoms with van der Waals surface area (Å²) < 4.78 is 11.0. The van der Waals surface area contributed by atoms with Gasteiger partial charge in [-0.3, -0.25) is 10.1 Å². The number of nitro groups is 1. The molecule has 3 rings (SSSR count). The van der Waals surface area contributed by atoms with Gasteiger partial charge in [-0.15, -0.1) is 0 Å². The number of para-hydroxylation sites is 2. The first kappa shape index (κ1) is 9.59. The number of hydrogen-bond acceptors (Lipinski definition) is 4. The number of epoxide rings is 1. The van der Waals surface area contributed by atoms with Crippen LogP contribution in [0.1, 0.15) is 12.8 Å². The van der Waals surface area contributed by atoms with E-state index in [1.807, 2.05) is 0 Å². The van der Waals surface area contributed by atoms with Gasteiger partial charge in [-0.05, 0) is 18.9 Å². The Bertz CT molecular complexity index is 434. The van der Waals surface area contributed by atoms with Crippen LogP contribution in [0.4, 0.5) is 5.69 Å². The summed E-state index contributed by atoms with van der Waals surface area (Å²) in [6.07, 6.45) is 2.37. The van der Waals surface area contributed by atoms with Gasteiger partial charge in [0.05, 0.1) is 11.0 Å². The molecule has 0 amide bonds. The van der Waals surface area contributed by atoms with Gasteiger partial charge in [0.1, 0.15) is 12.2 Å². The van der Waals surface area contributed by atoms with Gasteiger partial charge in [-0.25, -0.2) is 0 Å². The SMILES string of the molecule is O=[N+]([O-])c1ccccc1O[C@H]1CC[C@@H]2O[C@@H]12. The minimum Gasteiger partial charge on any atom is -0.481 e. The second kappa shape index (κ2) is 3.45. The van der Waals surface area contributed by atoms with E-state index in [0.717, 1.165) is 12.8 Å². The molecule has 2 aliphatic rings. The van der Waals surface area contributed by atoms with Crippen LogP contribution in [0.3, 0.4) is 0 Å². The van der Waals surface area contributed by atoms with Gasteiger partial charge in [-0.2, -0.15) is 0 Å². The molecule has 1 saturated carbocycles. The molecule has 1 aliphatic carbocycles. The maximum Gasteiger partial charge on any atom is 0.310 e. The maximum atomic E-state index is 10.8. The van der Waals surface area contributed by atoms with Crippen molar-refractivity contribution in [3.05, 3.63) is 34.4 Å². The Morgan fingerprint density at radius 3 is 2.81 bits per heavy atom. The molecule has 1 aromatic carbocycles. The Hall–Kier alpha value is -1.62. The fourth-order valence-electron chi connectivity index (χ4n) is 2.21. The number of nitro benzene ring substituents is 1. The lowest BCUT2D eigenvalue weighted by Gasteiger charge is -2.13. The first-order valence-corrected chi connectivity index (χ1v) is 5.31. The second-order valence-electron chi connectivity index (χ2n) is 4.10. The standard InChI is InChI=1S/C11H11NO4/c13-12(14)7-3-1-2-4-8(7)15-9-5-6-10-11(9)16-10/h1-4,9-11H,5-6H2/t9-,10-,11-/m0/s1.